The van der Waals surface area contributed by atoms with E-state index in [9.17, 15) is 14.7 Å². The first kappa shape index (κ1) is 27.1. The standard InChI is InChI=1S/C22H42O7Si/c1-20(2,3)18(24)28-15-12-14(13-26-30(10,11)22(7,8)9)27-17(23)16(15)29-19(25)21(4,5)6/h14-17,23H,12-13H2,1-11H3/t14-,15-,16-,17-/m0/s1. The highest BCUT2D eigenvalue weighted by molar-refractivity contribution is 6.74. The van der Waals surface area contributed by atoms with Crippen molar-refractivity contribution < 1.29 is 33.3 Å². The molecule has 0 aromatic carbocycles. The Kier molecular flexibility index (Phi) is 8.36. The van der Waals surface area contributed by atoms with Gasteiger partial charge in [-0.25, -0.2) is 0 Å². The molecule has 1 heterocycles. The Morgan fingerprint density at radius 3 is 1.83 bits per heavy atom. The molecule has 0 radical (unpaired) electrons. The molecule has 0 bridgehead atoms. The molecule has 0 aliphatic carbocycles. The van der Waals surface area contributed by atoms with E-state index in [1.165, 1.54) is 0 Å². The van der Waals surface area contributed by atoms with E-state index >= 15 is 0 Å². The number of aliphatic hydroxyl groups is 1. The Morgan fingerprint density at radius 2 is 1.40 bits per heavy atom. The van der Waals surface area contributed by atoms with E-state index in [1.807, 2.05) is 0 Å². The molecule has 30 heavy (non-hydrogen) atoms. The molecule has 1 saturated heterocycles. The zero-order chi connectivity index (χ0) is 23.7. The van der Waals surface area contributed by atoms with E-state index < -0.39 is 55.7 Å². The summed E-state index contributed by atoms with van der Waals surface area (Å²) in [6, 6.07) is 0. The zero-order valence-electron chi connectivity index (χ0n) is 20.6. The first-order valence-electron chi connectivity index (χ1n) is 10.7. The number of esters is 2. The summed E-state index contributed by atoms with van der Waals surface area (Å²) >= 11 is 0. The van der Waals surface area contributed by atoms with Crippen LogP contribution in [0.15, 0.2) is 0 Å². The van der Waals surface area contributed by atoms with Gasteiger partial charge in [-0.3, -0.25) is 9.59 Å². The summed E-state index contributed by atoms with van der Waals surface area (Å²) in [6.07, 6.45) is -3.52. The van der Waals surface area contributed by atoms with Crippen LogP contribution in [0.1, 0.15) is 68.7 Å². The second kappa shape index (κ2) is 9.26. The van der Waals surface area contributed by atoms with Gasteiger partial charge >= 0.3 is 11.9 Å². The average Bonchev–Trinajstić information content (AvgIpc) is 2.53. The fourth-order valence-electron chi connectivity index (χ4n) is 2.40. The zero-order valence-corrected chi connectivity index (χ0v) is 21.6. The van der Waals surface area contributed by atoms with Crippen LogP contribution in [-0.4, -0.2) is 56.6 Å². The molecule has 1 N–H and O–H groups in total. The topological polar surface area (TPSA) is 91.3 Å². The summed E-state index contributed by atoms with van der Waals surface area (Å²) < 4.78 is 23.1. The van der Waals surface area contributed by atoms with Crippen LogP contribution >= 0.6 is 0 Å². The van der Waals surface area contributed by atoms with Gasteiger partial charge in [-0.2, -0.15) is 0 Å². The quantitative estimate of drug-likeness (QED) is 0.503. The van der Waals surface area contributed by atoms with Gasteiger partial charge in [0, 0.05) is 6.42 Å². The molecule has 7 nitrogen and oxygen atoms in total. The summed E-state index contributed by atoms with van der Waals surface area (Å²) in [5.74, 6) is -0.926. The number of carbonyl (C=O) groups excluding carboxylic acids is 2. The van der Waals surface area contributed by atoms with Crippen LogP contribution in [0.3, 0.4) is 0 Å². The third kappa shape index (κ3) is 7.32. The maximum absolute atomic E-state index is 12.5. The van der Waals surface area contributed by atoms with Crippen molar-refractivity contribution in [1.29, 1.82) is 0 Å². The highest BCUT2D eigenvalue weighted by Crippen LogP contribution is 2.37. The molecular weight excluding hydrogens is 404 g/mol. The van der Waals surface area contributed by atoms with Crippen LogP contribution in [0.5, 0.6) is 0 Å². The Hall–Kier alpha value is -0.963. The molecule has 0 spiro atoms. The minimum Gasteiger partial charge on any atom is -0.458 e. The molecule has 1 aliphatic heterocycles. The lowest BCUT2D eigenvalue weighted by Crippen LogP contribution is -2.55. The predicted molar refractivity (Wildman–Crippen MR) is 117 cm³/mol. The fraction of sp³-hybridized carbons (Fsp3) is 0.909. The highest BCUT2D eigenvalue weighted by Gasteiger charge is 2.46. The fourth-order valence-corrected chi connectivity index (χ4v) is 3.43. The van der Waals surface area contributed by atoms with Gasteiger partial charge in [0.25, 0.3) is 0 Å². The second-order valence-corrected chi connectivity index (χ2v) is 16.6. The Balaban J connectivity index is 3.00. The maximum Gasteiger partial charge on any atom is 0.311 e. The molecule has 0 amide bonds. The van der Waals surface area contributed by atoms with Gasteiger partial charge < -0.3 is 23.7 Å². The Bertz CT molecular complexity index is 610. The first-order chi connectivity index (χ1) is 13.3. The lowest BCUT2D eigenvalue weighted by Gasteiger charge is -2.42. The normalized spacial score (nSPS) is 26.3. The van der Waals surface area contributed by atoms with Gasteiger partial charge in [0.05, 0.1) is 23.5 Å². The van der Waals surface area contributed by atoms with Crippen molar-refractivity contribution in [3.8, 4) is 0 Å². The van der Waals surface area contributed by atoms with Crippen molar-refractivity contribution >= 4 is 20.3 Å². The van der Waals surface area contributed by atoms with E-state index in [0.29, 0.717) is 0 Å². The number of aliphatic hydroxyl groups excluding tert-OH is 1. The van der Waals surface area contributed by atoms with Crippen LogP contribution in [0.2, 0.25) is 18.1 Å². The summed E-state index contributed by atoms with van der Waals surface area (Å²) in [4.78, 5) is 24.9. The predicted octanol–water partition coefficient (Wildman–Crippen LogP) is 4.03. The summed E-state index contributed by atoms with van der Waals surface area (Å²) in [6.45, 7) is 21.4. The minimum atomic E-state index is -2.02. The number of hydrogen-bond donors (Lipinski definition) is 1. The Labute approximate surface area is 182 Å². The van der Waals surface area contributed by atoms with Crippen molar-refractivity contribution in [1.82, 2.24) is 0 Å². The largest absolute Gasteiger partial charge is 0.458 e. The van der Waals surface area contributed by atoms with Gasteiger partial charge in [0.1, 0.15) is 6.10 Å². The number of ether oxygens (including phenoxy) is 3. The molecule has 1 rings (SSSR count). The lowest BCUT2D eigenvalue weighted by molar-refractivity contribution is -0.266. The van der Waals surface area contributed by atoms with Crippen molar-refractivity contribution in [3.05, 3.63) is 0 Å². The van der Waals surface area contributed by atoms with Gasteiger partial charge in [0.15, 0.2) is 20.7 Å². The van der Waals surface area contributed by atoms with Gasteiger partial charge in [-0.1, -0.05) is 20.8 Å². The van der Waals surface area contributed by atoms with Crippen LogP contribution in [-0.2, 0) is 28.2 Å². The van der Waals surface area contributed by atoms with Gasteiger partial charge in [-0.05, 0) is 59.7 Å². The monoisotopic (exact) mass is 446 g/mol. The molecule has 0 saturated carbocycles. The number of hydrogen-bond acceptors (Lipinski definition) is 7. The molecule has 0 unspecified atom stereocenters. The van der Waals surface area contributed by atoms with Gasteiger partial charge in [0.2, 0.25) is 0 Å². The first-order valence-corrected chi connectivity index (χ1v) is 13.6. The van der Waals surface area contributed by atoms with E-state index in [4.69, 9.17) is 18.6 Å². The third-order valence-electron chi connectivity index (χ3n) is 5.64. The average molecular weight is 447 g/mol. The molecule has 8 heteroatoms. The van der Waals surface area contributed by atoms with Crippen LogP contribution in [0.25, 0.3) is 0 Å². The van der Waals surface area contributed by atoms with E-state index in [-0.39, 0.29) is 18.1 Å². The molecule has 4 atom stereocenters. The van der Waals surface area contributed by atoms with Crippen LogP contribution < -0.4 is 0 Å². The summed E-state index contributed by atoms with van der Waals surface area (Å²) in [5.41, 5.74) is -1.49. The van der Waals surface area contributed by atoms with Crippen molar-refractivity contribution in [3.63, 3.8) is 0 Å². The minimum absolute atomic E-state index is 0.0309. The third-order valence-corrected chi connectivity index (χ3v) is 10.1. The Morgan fingerprint density at radius 1 is 0.933 bits per heavy atom. The second-order valence-electron chi connectivity index (χ2n) is 11.8. The maximum atomic E-state index is 12.5. The van der Waals surface area contributed by atoms with E-state index in [0.717, 1.165) is 0 Å². The SMILES string of the molecule is CC(C)(C)C(=O)O[C@H]1[C@@H](OC(=O)C(C)(C)C)C[C@@H](CO[Si](C)(C)C(C)(C)C)O[C@@H]1O. The van der Waals surface area contributed by atoms with Crippen LogP contribution in [0.4, 0.5) is 0 Å². The van der Waals surface area contributed by atoms with Crippen molar-refractivity contribution in [2.24, 2.45) is 10.8 Å². The lowest BCUT2D eigenvalue weighted by atomic mass is 9.95. The van der Waals surface area contributed by atoms with Crippen molar-refractivity contribution in [2.45, 2.75) is 111 Å². The molecule has 1 aliphatic rings. The molecule has 0 aromatic heterocycles. The molecule has 0 aromatic rings. The summed E-state index contributed by atoms with van der Waals surface area (Å²) in [7, 11) is -2.02. The summed E-state index contributed by atoms with van der Waals surface area (Å²) in [5, 5.41) is 10.6. The van der Waals surface area contributed by atoms with E-state index in [2.05, 4.69) is 33.9 Å². The van der Waals surface area contributed by atoms with Crippen LogP contribution in [0, 0.1) is 10.8 Å². The van der Waals surface area contributed by atoms with Gasteiger partial charge in [-0.15, -0.1) is 0 Å². The molecule has 1 fully saturated rings. The number of carbonyl (C=O) groups is 2. The molecular formula is C22H42O7Si. The molecule has 176 valence electrons. The number of rotatable bonds is 5. The van der Waals surface area contributed by atoms with E-state index in [1.54, 1.807) is 41.5 Å². The van der Waals surface area contributed by atoms with Crippen molar-refractivity contribution in [2.75, 3.05) is 6.61 Å². The smallest absolute Gasteiger partial charge is 0.311 e. The highest BCUT2D eigenvalue weighted by atomic mass is 28.4.